The van der Waals surface area contributed by atoms with Crippen LogP contribution in [-0.4, -0.2) is 24.7 Å². The Labute approximate surface area is 108 Å². The average molecular weight is 245 g/mol. The van der Waals surface area contributed by atoms with E-state index in [0.29, 0.717) is 6.42 Å². The molecule has 0 saturated heterocycles. The lowest BCUT2D eigenvalue weighted by molar-refractivity contribution is -0.121. The molecule has 0 spiro atoms. The summed E-state index contributed by atoms with van der Waals surface area (Å²) < 4.78 is 0. The molecular formula is C14H19N3O. The van der Waals surface area contributed by atoms with Gasteiger partial charge in [-0.1, -0.05) is 12.1 Å². The second-order valence-corrected chi connectivity index (χ2v) is 4.31. The molecule has 0 atom stereocenters. The zero-order chi connectivity index (χ0) is 13.0. The maximum Gasteiger partial charge on any atom is 0.240 e. The van der Waals surface area contributed by atoms with Crippen LogP contribution in [0.2, 0.25) is 0 Å². The standard InChI is InChI=1S/C14H19N3O/c1-3-17(4-2)12-7-5-11(6-8-12)13-9-10-14(18)16-15-13/h5-8H,3-4,9-10H2,1-2H3,(H,16,18). The van der Waals surface area contributed by atoms with Crippen LogP contribution in [0.3, 0.4) is 0 Å². The van der Waals surface area contributed by atoms with Crippen LogP contribution < -0.4 is 10.3 Å². The Balaban J connectivity index is 2.15. The van der Waals surface area contributed by atoms with Gasteiger partial charge in [0.1, 0.15) is 0 Å². The molecule has 96 valence electrons. The van der Waals surface area contributed by atoms with Crippen LogP contribution in [0, 0.1) is 0 Å². The second kappa shape index (κ2) is 5.67. The van der Waals surface area contributed by atoms with Crippen molar-refractivity contribution in [2.75, 3.05) is 18.0 Å². The van der Waals surface area contributed by atoms with Crippen molar-refractivity contribution >= 4 is 17.3 Å². The van der Waals surface area contributed by atoms with E-state index in [9.17, 15) is 4.79 Å². The van der Waals surface area contributed by atoms with Crippen molar-refractivity contribution in [1.82, 2.24) is 5.43 Å². The Kier molecular flexibility index (Phi) is 3.97. The number of hydrazone groups is 1. The molecule has 0 aromatic heterocycles. The Morgan fingerprint density at radius 2 is 1.83 bits per heavy atom. The van der Waals surface area contributed by atoms with Crippen molar-refractivity contribution in [3.63, 3.8) is 0 Å². The summed E-state index contributed by atoms with van der Waals surface area (Å²) in [6, 6.07) is 8.37. The van der Waals surface area contributed by atoms with Gasteiger partial charge in [-0.2, -0.15) is 5.10 Å². The topological polar surface area (TPSA) is 44.7 Å². The van der Waals surface area contributed by atoms with Gasteiger partial charge in [-0.3, -0.25) is 4.79 Å². The average Bonchev–Trinajstić information content (AvgIpc) is 2.42. The maximum atomic E-state index is 11.0. The Bertz CT molecular complexity index is 447. The first kappa shape index (κ1) is 12.6. The molecule has 0 aliphatic carbocycles. The Hall–Kier alpha value is -1.84. The van der Waals surface area contributed by atoms with E-state index in [4.69, 9.17) is 0 Å². The minimum Gasteiger partial charge on any atom is -0.372 e. The van der Waals surface area contributed by atoms with Gasteiger partial charge in [-0.25, -0.2) is 5.43 Å². The number of rotatable bonds is 4. The molecular weight excluding hydrogens is 226 g/mol. The molecule has 1 aromatic rings. The fourth-order valence-electron chi connectivity index (χ4n) is 2.14. The lowest BCUT2D eigenvalue weighted by Gasteiger charge is -2.21. The smallest absolute Gasteiger partial charge is 0.240 e. The lowest BCUT2D eigenvalue weighted by atomic mass is 10.0. The Morgan fingerprint density at radius 1 is 1.17 bits per heavy atom. The molecule has 2 rings (SSSR count). The molecule has 0 saturated carbocycles. The van der Waals surface area contributed by atoms with Gasteiger partial charge in [0.15, 0.2) is 0 Å². The number of nitrogens with one attached hydrogen (secondary N) is 1. The van der Waals surface area contributed by atoms with Crippen molar-refractivity contribution in [2.24, 2.45) is 5.10 Å². The Morgan fingerprint density at radius 3 is 2.33 bits per heavy atom. The van der Waals surface area contributed by atoms with Crippen LogP contribution in [0.15, 0.2) is 29.4 Å². The molecule has 0 radical (unpaired) electrons. The molecule has 1 N–H and O–H groups in total. The molecule has 1 aliphatic rings. The van der Waals surface area contributed by atoms with Crippen molar-refractivity contribution in [2.45, 2.75) is 26.7 Å². The predicted molar refractivity (Wildman–Crippen MR) is 73.9 cm³/mol. The van der Waals surface area contributed by atoms with E-state index in [1.165, 1.54) is 5.69 Å². The monoisotopic (exact) mass is 245 g/mol. The summed E-state index contributed by atoms with van der Waals surface area (Å²) in [5, 5.41) is 4.10. The molecule has 1 amide bonds. The van der Waals surface area contributed by atoms with Crippen LogP contribution in [-0.2, 0) is 4.79 Å². The fourth-order valence-corrected chi connectivity index (χ4v) is 2.14. The first-order valence-corrected chi connectivity index (χ1v) is 6.45. The predicted octanol–water partition coefficient (Wildman–Crippen LogP) is 2.15. The molecule has 18 heavy (non-hydrogen) atoms. The zero-order valence-corrected chi connectivity index (χ0v) is 10.9. The third kappa shape index (κ3) is 2.70. The van der Waals surface area contributed by atoms with Gasteiger partial charge in [0.05, 0.1) is 5.71 Å². The van der Waals surface area contributed by atoms with Crippen molar-refractivity contribution in [1.29, 1.82) is 0 Å². The highest BCUT2D eigenvalue weighted by molar-refractivity contribution is 6.04. The minimum absolute atomic E-state index is 0.00138. The van der Waals surface area contributed by atoms with Crippen LogP contribution in [0.4, 0.5) is 5.69 Å². The van der Waals surface area contributed by atoms with E-state index < -0.39 is 0 Å². The first-order valence-electron chi connectivity index (χ1n) is 6.45. The number of amides is 1. The van der Waals surface area contributed by atoms with E-state index >= 15 is 0 Å². The SMILES string of the molecule is CCN(CC)c1ccc(C2=NNC(=O)CC2)cc1. The highest BCUT2D eigenvalue weighted by Gasteiger charge is 2.13. The summed E-state index contributed by atoms with van der Waals surface area (Å²) in [6.45, 7) is 6.32. The largest absolute Gasteiger partial charge is 0.372 e. The van der Waals surface area contributed by atoms with Gasteiger partial charge in [0, 0.05) is 31.6 Å². The summed E-state index contributed by atoms with van der Waals surface area (Å²) >= 11 is 0. The molecule has 1 heterocycles. The summed E-state index contributed by atoms with van der Waals surface area (Å²) in [5.74, 6) is -0.00138. The van der Waals surface area contributed by atoms with Gasteiger partial charge in [0.25, 0.3) is 0 Å². The molecule has 1 aromatic carbocycles. The van der Waals surface area contributed by atoms with Crippen molar-refractivity contribution in [3.05, 3.63) is 29.8 Å². The highest BCUT2D eigenvalue weighted by Crippen LogP contribution is 2.17. The molecule has 0 unspecified atom stereocenters. The number of carbonyl (C=O) groups is 1. The third-order valence-corrected chi connectivity index (χ3v) is 3.23. The summed E-state index contributed by atoms with van der Waals surface area (Å²) in [4.78, 5) is 13.3. The van der Waals surface area contributed by atoms with Crippen LogP contribution >= 0.6 is 0 Å². The van der Waals surface area contributed by atoms with E-state index in [0.717, 1.165) is 30.8 Å². The van der Waals surface area contributed by atoms with Gasteiger partial charge < -0.3 is 4.90 Å². The molecule has 1 aliphatic heterocycles. The highest BCUT2D eigenvalue weighted by atomic mass is 16.2. The number of benzene rings is 1. The number of hydrogen-bond acceptors (Lipinski definition) is 3. The summed E-state index contributed by atoms with van der Waals surface area (Å²) in [5.41, 5.74) is 5.80. The van der Waals surface area contributed by atoms with Crippen LogP contribution in [0.25, 0.3) is 0 Å². The van der Waals surface area contributed by atoms with E-state index in [2.05, 4.69) is 53.5 Å². The molecule has 0 fully saturated rings. The van der Waals surface area contributed by atoms with Gasteiger partial charge in [-0.05, 0) is 31.5 Å². The number of carbonyl (C=O) groups excluding carboxylic acids is 1. The van der Waals surface area contributed by atoms with E-state index in [1.807, 2.05) is 0 Å². The molecule has 0 bridgehead atoms. The summed E-state index contributed by atoms with van der Waals surface area (Å²) in [6.07, 6.45) is 1.24. The minimum atomic E-state index is -0.00138. The first-order chi connectivity index (χ1) is 8.74. The number of anilines is 1. The maximum absolute atomic E-state index is 11.0. The molecule has 4 nitrogen and oxygen atoms in total. The van der Waals surface area contributed by atoms with Crippen LogP contribution in [0.5, 0.6) is 0 Å². The van der Waals surface area contributed by atoms with E-state index in [-0.39, 0.29) is 5.91 Å². The van der Waals surface area contributed by atoms with Gasteiger partial charge in [0.2, 0.25) is 5.91 Å². The number of hydrogen-bond donors (Lipinski definition) is 1. The van der Waals surface area contributed by atoms with Crippen LogP contribution in [0.1, 0.15) is 32.3 Å². The van der Waals surface area contributed by atoms with E-state index in [1.54, 1.807) is 0 Å². The normalized spacial score (nSPS) is 15.0. The fraction of sp³-hybridized carbons (Fsp3) is 0.429. The second-order valence-electron chi connectivity index (χ2n) is 4.31. The summed E-state index contributed by atoms with van der Waals surface area (Å²) in [7, 11) is 0. The van der Waals surface area contributed by atoms with Crippen molar-refractivity contribution < 1.29 is 4.79 Å². The number of nitrogens with zero attached hydrogens (tertiary/aromatic N) is 2. The third-order valence-electron chi connectivity index (χ3n) is 3.23. The lowest BCUT2D eigenvalue weighted by Crippen LogP contribution is -2.26. The quantitative estimate of drug-likeness (QED) is 0.883. The molecule has 4 heteroatoms. The van der Waals surface area contributed by atoms with Crippen molar-refractivity contribution in [3.8, 4) is 0 Å². The van der Waals surface area contributed by atoms with Gasteiger partial charge >= 0.3 is 0 Å². The zero-order valence-electron chi connectivity index (χ0n) is 10.9. The van der Waals surface area contributed by atoms with Gasteiger partial charge in [-0.15, -0.1) is 0 Å².